The van der Waals surface area contributed by atoms with Crippen molar-refractivity contribution in [2.45, 2.75) is 37.0 Å². The van der Waals surface area contributed by atoms with Gasteiger partial charge in [-0.3, -0.25) is 13.9 Å². The van der Waals surface area contributed by atoms with E-state index >= 15 is 0 Å². The maximum absolute atomic E-state index is 14.3. The monoisotopic (exact) mass is 701 g/mol. The third-order valence-corrected chi connectivity index (χ3v) is 9.45. The third kappa shape index (κ3) is 8.52. The summed E-state index contributed by atoms with van der Waals surface area (Å²) in [5.41, 5.74) is 0.755. The number of hydrogen-bond acceptors (Lipinski definition) is 4. The zero-order valence-corrected chi connectivity index (χ0v) is 26.9. The van der Waals surface area contributed by atoms with Crippen LogP contribution < -0.4 is 9.62 Å². The topological polar surface area (TPSA) is 86.8 Å². The van der Waals surface area contributed by atoms with Gasteiger partial charge in [0.05, 0.1) is 16.1 Å². The fraction of sp³-hybridized carbons (Fsp3) is 0.212. The molecule has 0 spiro atoms. The molecule has 4 aromatic carbocycles. The number of sulfonamides is 1. The van der Waals surface area contributed by atoms with Crippen molar-refractivity contribution in [1.29, 1.82) is 0 Å². The number of anilines is 1. The highest BCUT2D eigenvalue weighted by Crippen LogP contribution is 2.33. The van der Waals surface area contributed by atoms with Crippen molar-refractivity contribution in [1.82, 2.24) is 10.2 Å². The molecule has 0 aliphatic carbocycles. The van der Waals surface area contributed by atoms with Crippen LogP contribution in [0.2, 0.25) is 0 Å². The van der Waals surface area contributed by atoms with Gasteiger partial charge in [0, 0.05) is 24.5 Å². The van der Waals surface area contributed by atoms with Gasteiger partial charge >= 0.3 is 6.18 Å². The Morgan fingerprint density at radius 2 is 1.51 bits per heavy atom. The first-order valence-electron chi connectivity index (χ1n) is 13.9. The highest BCUT2D eigenvalue weighted by atomic mass is 79.9. The third-order valence-electron chi connectivity index (χ3n) is 7.13. The van der Waals surface area contributed by atoms with Crippen LogP contribution in [0.1, 0.15) is 22.3 Å². The van der Waals surface area contributed by atoms with E-state index in [4.69, 9.17) is 0 Å². The molecule has 0 radical (unpaired) electrons. The van der Waals surface area contributed by atoms with Crippen LogP contribution in [0.5, 0.6) is 0 Å². The molecule has 0 fully saturated rings. The van der Waals surface area contributed by atoms with Crippen molar-refractivity contribution in [3.05, 3.63) is 130 Å². The molecule has 0 saturated heterocycles. The van der Waals surface area contributed by atoms with E-state index in [1.54, 1.807) is 67.6 Å². The lowest BCUT2D eigenvalue weighted by Gasteiger charge is -2.33. The van der Waals surface area contributed by atoms with Crippen LogP contribution >= 0.6 is 15.9 Å². The Bertz CT molecular complexity index is 1730. The first-order chi connectivity index (χ1) is 21.3. The molecule has 0 bridgehead atoms. The standard InChI is InChI=1S/C33H31BrF3N3O4S/c1-23-11-17-29(18-12-23)45(43,44)40(28-10-6-9-26(20-28)33(35,36)37)22-31(41)39(21-25-13-15-27(34)16-14-25)30(32(42)38-2)19-24-7-4-3-5-8-24/h3-18,20,30H,19,21-22H2,1-2H3,(H,38,42). The van der Waals surface area contributed by atoms with E-state index < -0.39 is 46.2 Å². The molecule has 0 aromatic heterocycles. The van der Waals surface area contributed by atoms with Crippen LogP contribution in [-0.4, -0.2) is 44.8 Å². The quantitative estimate of drug-likeness (QED) is 0.197. The molecule has 0 saturated carbocycles. The number of likely N-dealkylation sites (N-methyl/N-ethyl adjacent to an activating group) is 1. The lowest BCUT2D eigenvalue weighted by atomic mass is 10.0. The van der Waals surface area contributed by atoms with Crippen molar-refractivity contribution in [2.75, 3.05) is 17.9 Å². The van der Waals surface area contributed by atoms with Gasteiger partial charge in [0.1, 0.15) is 12.6 Å². The summed E-state index contributed by atoms with van der Waals surface area (Å²) in [6.07, 6.45) is -4.65. The number of alkyl halides is 3. The largest absolute Gasteiger partial charge is 0.416 e. The summed E-state index contributed by atoms with van der Waals surface area (Å²) in [7, 11) is -3.11. The van der Waals surface area contributed by atoms with Gasteiger partial charge in [0.25, 0.3) is 10.0 Å². The molecule has 1 unspecified atom stereocenters. The number of nitrogens with one attached hydrogen (secondary N) is 1. The Kier molecular flexibility index (Phi) is 10.7. The Morgan fingerprint density at radius 1 is 0.867 bits per heavy atom. The number of rotatable bonds is 11. The van der Waals surface area contributed by atoms with Gasteiger partial charge in [-0.1, -0.05) is 82.2 Å². The predicted molar refractivity (Wildman–Crippen MR) is 170 cm³/mol. The predicted octanol–water partition coefficient (Wildman–Crippen LogP) is 6.36. The summed E-state index contributed by atoms with van der Waals surface area (Å²) in [5.74, 6) is -1.27. The first kappa shape index (κ1) is 33.7. The Morgan fingerprint density at radius 3 is 2.11 bits per heavy atom. The highest BCUT2D eigenvalue weighted by Gasteiger charge is 2.36. The van der Waals surface area contributed by atoms with E-state index in [0.717, 1.165) is 27.7 Å². The van der Waals surface area contributed by atoms with E-state index in [1.165, 1.54) is 30.1 Å². The minimum absolute atomic E-state index is 0.0714. The lowest BCUT2D eigenvalue weighted by Crippen LogP contribution is -2.53. The van der Waals surface area contributed by atoms with Gasteiger partial charge in [-0.05, 0) is 60.5 Å². The second kappa shape index (κ2) is 14.3. The molecule has 0 aliphatic rings. The molecule has 0 heterocycles. The molecule has 1 atom stereocenters. The van der Waals surface area contributed by atoms with Gasteiger partial charge < -0.3 is 10.2 Å². The summed E-state index contributed by atoms with van der Waals surface area (Å²) >= 11 is 3.38. The Hall–Kier alpha value is -4.16. The lowest BCUT2D eigenvalue weighted by molar-refractivity contribution is -0.139. The van der Waals surface area contributed by atoms with Gasteiger partial charge in [-0.2, -0.15) is 13.2 Å². The van der Waals surface area contributed by atoms with Gasteiger partial charge in [0.15, 0.2) is 0 Å². The number of amides is 2. The number of benzene rings is 4. The van der Waals surface area contributed by atoms with Crippen LogP contribution in [0.3, 0.4) is 0 Å². The van der Waals surface area contributed by atoms with E-state index in [2.05, 4.69) is 21.2 Å². The average Bonchev–Trinajstić information content (AvgIpc) is 3.02. The highest BCUT2D eigenvalue weighted by molar-refractivity contribution is 9.10. The molecule has 45 heavy (non-hydrogen) atoms. The normalized spacial score (nSPS) is 12.3. The van der Waals surface area contributed by atoms with Crippen molar-refractivity contribution in [2.24, 2.45) is 0 Å². The van der Waals surface area contributed by atoms with Crippen molar-refractivity contribution in [3.63, 3.8) is 0 Å². The second-order valence-electron chi connectivity index (χ2n) is 10.3. The summed E-state index contributed by atoms with van der Waals surface area (Å²) < 4.78 is 70.6. The van der Waals surface area contributed by atoms with Crippen molar-refractivity contribution >= 4 is 43.5 Å². The molecule has 2 amide bonds. The summed E-state index contributed by atoms with van der Waals surface area (Å²) in [6.45, 7) is 0.824. The van der Waals surface area contributed by atoms with Crippen molar-refractivity contribution in [3.8, 4) is 0 Å². The van der Waals surface area contributed by atoms with E-state index in [-0.39, 0.29) is 23.5 Å². The van der Waals surface area contributed by atoms with Crippen LogP contribution in [0, 0.1) is 6.92 Å². The van der Waals surface area contributed by atoms with Crippen LogP contribution in [0.15, 0.2) is 112 Å². The first-order valence-corrected chi connectivity index (χ1v) is 16.1. The fourth-order valence-corrected chi connectivity index (χ4v) is 6.38. The van der Waals surface area contributed by atoms with Crippen LogP contribution in [0.25, 0.3) is 0 Å². The molecule has 4 rings (SSSR count). The summed E-state index contributed by atoms with van der Waals surface area (Å²) in [6, 6.07) is 24.5. The average molecular weight is 703 g/mol. The van der Waals surface area contributed by atoms with Crippen LogP contribution in [0.4, 0.5) is 18.9 Å². The molecule has 12 heteroatoms. The van der Waals surface area contributed by atoms with Gasteiger partial charge in [-0.15, -0.1) is 0 Å². The SMILES string of the molecule is CNC(=O)C(Cc1ccccc1)N(Cc1ccc(Br)cc1)C(=O)CN(c1cccc(C(F)(F)F)c1)S(=O)(=O)c1ccc(C)cc1. The minimum Gasteiger partial charge on any atom is -0.357 e. The zero-order chi connectivity index (χ0) is 32.8. The van der Waals surface area contributed by atoms with Gasteiger partial charge in [0.2, 0.25) is 11.8 Å². The van der Waals surface area contributed by atoms with E-state index in [9.17, 15) is 31.2 Å². The molecular weight excluding hydrogens is 671 g/mol. The number of nitrogens with zero attached hydrogens (tertiary/aromatic N) is 2. The Labute approximate surface area is 268 Å². The number of carbonyl (C=O) groups excluding carboxylic acids is 2. The van der Waals surface area contributed by atoms with Crippen molar-refractivity contribution < 1.29 is 31.2 Å². The maximum atomic E-state index is 14.3. The summed E-state index contributed by atoms with van der Waals surface area (Å²) in [4.78, 5) is 28.6. The second-order valence-corrected chi connectivity index (χ2v) is 13.1. The molecule has 236 valence electrons. The van der Waals surface area contributed by atoms with E-state index in [1.807, 2.05) is 6.07 Å². The smallest absolute Gasteiger partial charge is 0.357 e. The molecule has 0 aliphatic heterocycles. The van der Waals surface area contributed by atoms with Gasteiger partial charge in [-0.25, -0.2) is 8.42 Å². The number of carbonyl (C=O) groups is 2. The van der Waals surface area contributed by atoms with E-state index in [0.29, 0.717) is 15.9 Å². The minimum atomic E-state index is -4.76. The fourth-order valence-electron chi connectivity index (χ4n) is 4.71. The molecule has 1 N–H and O–H groups in total. The molecule has 7 nitrogen and oxygen atoms in total. The number of halogens is 4. The number of hydrogen-bond donors (Lipinski definition) is 1. The zero-order valence-electron chi connectivity index (χ0n) is 24.5. The number of aryl methyl sites for hydroxylation is 1. The van der Waals surface area contributed by atoms with Crippen LogP contribution in [-0.2, 0) is 38.8 Å². The summed E-state index contributed by atoms with van der Waals surface area (Å²) in [5, 5.41) is 2.59. The Balaban J connectivity index is 1.82. The maximum Gasteiger partial charge on any atom is 0.416 e. The molecule has 4 aromatic rings. The molecular formula is C33H31BrF3N3O4S.